The summed E-state index contributed by atoms with van der Waals surface area (Å²) in [6.07, 6.45) is 2.86. The molecule has 1 amide bonds. The largest absolute Gasteiger partial charge is 0.494 e. The number of carbonyl (C=O) groups is 2. The van der Waals surface area contributed by atoms with Gasteiger partial charge < -0.3 is 10.1 Å². The third-order valence-corrected chi connectivity index (χ3v) is 5.95. The van der Waals surface area contributed by atoms with Gasteiger partial charge in [-0.3, -0.25) is 9.59 Å². The number of hydrogen-bond acceptors (Lipinski definition) is 4. The summed E-state index contributed by atoms with van der Waals surface area (Å²) in [6, 6.07) is 7.15. The van der Waals surface area contributed by atoms with Crippen LogP contribution in [-0.4, -0.2) is 24.2 Å². The van der Waals surface area contributed by atoms with Crippen molar-refractivity contribution in [1.29, 1.82) is 0 Å². The number of rotatable bonds is 6. The standard InChI is InChI=1S/C20H22ClNO3S/c1-3-25-14-7-5-13(6-8-14)19(24)18-15-9-4-12(2)10-16(15)26-20(18)22-17(23)11-21/h5-8,12H,3-4,9-11H2,1-2H3,(H,22,23)/t12-/m1/s1. The summed E-state index contributed by atoms with van der Waals surface area (Å²) in [5, 5.41) is 3.44. The van der Waals surface area contributed by atoms with E-state index in [-0.39, 0.29) is 17.6 Å². The number of benzene rings is 1. The smallest absolute Gasteiger partial charge is 0.239 e. The van der Waals surface area contributed by atoms with Gasteiger partial charge in [-0.05, 0) is 61.9 Å². The fourth-order valence-electron chi connectivity index (χ4n) is 3.25. The molecule has 1 aromatic heterocycles. The van der Waals surface area contributed by atoms with E-state index in [0.29, 0.717) is 28.7 Å². The Bertz CT molecular complexity index is 813. The maximum Gasteiger partial charge on any atom is 0.239 e. The molecule has 2 aromatic rings. The van der Waals surface area contributed by atoms with Crippen molar-refractivity contribution >= 4 is 39.6 Å². The zero-order chi connectivity index (χ0) is 18.7. The van der Waals surface area contributed by atoms with Crippen molar-refractivity contribution in [1.82, 2.24) is 0 Å². The van der Waals surface area contributed by atoms with Crippen molar-refractivity contribution in [3.8, 4) is 5.75 Å². The fraction of sp³-hybridized carbons (Fsp3) is 0.400. The molecular formula is C20H22ClNO3S. The second kappa shape index (κ2) is 8.23. The van der Waals surface area contributed by atoms with Gasteiger partial charge in [-0.15, -0.1) is 22.9 Å². The molecule has 1 aliphatic carbocycles. The molecule has 1 atom stereocenters. The van der Waals surface area contributed by atoms with Crippen molar-refractivity contribution in [2.45, 2.75) is 33.1 Å². The SMILES string of the molecule is CCOc1ccc(C(=O)c2c(NC(=O)CCl)sc3c2CC[C@@H](C)C3)cc1. The van der Waals surface area contributed by atoms with Crippen molar-refractivity contribution in [3.63, 3.8) is 0 Å². The number of hydrogen-bond donors (Lipinski definition) is 1. The maximum atomic E-state index is 13.2. The van der Waals surface area contributed by atoms with E-state index in [1.54, 1.807) is 24.3 Å². The third kappa shape index (κ3) is 3.94. The second-order valence-corrected chi connectivity index (χ2v) is 7.90. The van der Waals surface area contributed by atoms with Crippen LogP contribution in [0.3, 0.4) is 0 Å². The van der Waals surface area contributed by atoms with Gasteiger partial charge in [0, 0.05) is 10.4 Å². The van der Waals surface area contributed by atoms with Gasteiger partial charge in [-0.25, -0.2) is 0 Å². The number of fused-ring (bicyclic) bond motifs is 1. The topological polar surface area (TPSA) is 55.4 Å². The summed E-state index contributed by atoms with van der Waals surface area (Å²) in [5.41, 5.74) is 2.30. The highest BCUT2D eigenvalue weighted by molar-refractivity contribution is 7.17. The molecule has 0 radical (unpaired) electrons. The van der Waals surface area contributed by atoms with Crippen LogP contribution in [0.15, 0.2) is 24.3 Å². The lowest BCUT2D eigenvalue weighted by atomic mass is 9.86. The minimum atomic E-state index is -0.293. The number of carbonyl (C=O) groups excluding carboxylic acids is 2. The first-order valence-electron chi connectivity index (χ1n) is 8.81. The summed E-state index contributed by atoms with van der Waals surface area (Å²) in [4.78, 5) is 26.2. The zero-order valence-electron chi connectivity index (χ0n) is 14.9. The quantitative estimate of drug-likeness (QED) is 0.574. The normalized spacial score (nSPS) is 16.0. The Hall–Kier alpha value is -1.85. The van der Waals surface area contributed by atoms with E-state index in [0.717, 1.165) is 30.6 Å². The van der Waals surface area contributed by atoms with Crippen LogP contribution in [0.4, 0.5) is 5.00 Å². The minimum absolute atomic E-state index is 0.0648. The van der Waals surface area contributed by atoms with Gasteiger partial charge in [0.1, 0.15) is 16.6 Å². The minimum Gasteiger partial charge on any atom is -0.494 e. The highest BCUT2D eigenvalue weighted by Gasteiger charge is 2.28. The average Bonchev–Trinajstić information content (AvgIpc) is 2.98. The molecule has 4 nitrogen and oxygen atoms in total. The van der Waals surface area contributed by atoms with E-state index in [4.69, 9.17) is 16.3 Å². The number of amides is 1. The predicted molar refractivity (Wildman–Crippen MR) is 106 cm³/mol. The predicted octanol–water partition coefficient (Wildman–Crippen LogP) is 4.68. The van der Waals surface area contributed by atoms with Gasteiger partial charge in [0.05, 0.1) is 12.2 Å². The van der Waals surface area contributed by atoms with Crippen LogP contribution in [0, 0.1) is 5.92 Å². The van der Waals surface area contributed by atoms with Crippen LogP contribution >= 0.6 is 22.9 Å². The van der Waals surface area contributed by atoms with Gasteiger partial charge in [0.15, 0.2) is 5.78 Å². The fourth-order valence-corrected chi connectivity index (χ4v) is 4.74. The number of ketones is 1. The third-order valence-electron chi connectivity index (χ3n) is 4.54. The lowest BCUT2D eigenvalue weighted by Crippen LogP contribution is -2.16. The van der Waals surface area contributed by atoms with Crippen molar-refractivity contribution < 1.29 is 14.3 Å². The summed E-state index contributed by atoms with van der Waals surface area (Å²) in [7, 11) is 0. The molecule has 6 heteroatoms. The number of nitrogens with one attached hydrogen (secondary N) is 1. The van der Waals surface area contributed by atoms with E-state index in [9.17, 15) is 9.59 Å². The van der Waals surface area contributed by atoms with Gasteiger partial charge >= 0.3 is 0 Å². The number of halogens is 1. The molecule has 1 N–H and O–H groups in total. The Labute approximate surface area is 162 Å². The monoisotopic (exact) mass is 391 g/mol. The van der Waals surface area contributed by atoms with Gasteiger partial charge in [-0.1, -0.05) is 6.92 Å². The lowest BCUT2D eigenvalue weighted by molar-refractivity contribution is -0.113. The van der Waals surface area contributed by atoms with Crippen LogP contribution < -0.4 is 10.1 Å². The Morgan fingerprint density at radius 1 is 1.31 bits per heavy atom. The van der Waals surface area contributed by atoms with E-state index in [1.807, 2.05) is 6.92 Å². The zero-order valence-corrected chi connectivity index (χ0v) is 16.5. The average molecular weight is 392 g/mol. The Morgan fingerprint density at radius 3 is 2.69 bits per heavy atom. The van der Waals surface area contributed by atoms with Crippen LogP contribution in [0.2, 0.25) is 0 Å². The number of alkyl halides is 1. The van der Waals surface area contributed by atoms with E-state index in [2.05, 4.69) is 12.2 Å². The van der Waals surface area contributed by atoms with E-state index in [1.165, 1.54) is 16.2 Å². The maximum absolute atomic E-state index is 13.2. The molecule has 0 bridgehead atoms. The van der Waals surface area contributed by atoms with Crippen LogP contribution in [0.1, 0.15) is 46.6 Å². The number of anilines is 1. The van der Waals surface area contributed by atoms with Gasteiger partial charge in [0.25, 0.3) is 0 Å². The molecule has 138 valence electrons. The molecular weight excluding hydrogens is 370 g/mol. The van der Waals surface area contributed by atoms with Crippen molar-refractivity contribution in [2.24, 2.45) is 5.92 Å². The van der Waals surface area contributed by atoms with Crippen LogP contribution in [-0.2, 0) is 17.6 Å². The Kier molecular flexibility index (Phi) is 5.99. The molecule has 0 aliphatic heterocycles. The Morgan fingerprint density at radius 2 is 2.04 bits per heavy atom. The first kappa shape index (κ1) is 18.9. The van der Waals surface area contributed by atoms with Crippen molar-refractivity contribution in [3.05, 3.63) is 45.8 Å². The second-order valence-electron chi connectivity index (χ2n) is 6.52. The highest BCUT2D eigenvalue weighted by Crippen LogP contribution is 2.40. The van der Waals surface area contributed by atoms with Crippen LogP contribution in [0.5, 0.6) is 5.75 Å². The van der Waals surface area contributed by atoms with E-state index >= 15 is 0 Å². The molecule has 1 heterocycles. The van der Waals surface area contributed by atoms with Gasteiger partial charge in [-0.2, -0.15) is 0 Å². The molecule has 1 aliphatic rings. The molecule has 0 saturated carbocycles. The molecule has 0 spiro atoms. The summed E-state index contributed by atoms with van der Waals surface area (Å²) in [6.45, 7) is 4.72. The van der Waals surface area contributed by atoms with Crippen LogP contribution in [0.25, 0.3) is 0 Å². The molecule has 0 fully saturated rings. The highest BCUT2D eigenvalue weighted by atomic mass is 35.5. The molecule has 1 aromatic carbocycles. The summed E-state index contributed by atoms with van der Waals surface area (Å²) >= 11 is 7.15. The van der Waals surface area contributed by atoms with E-state index < -0.39 is 0 Å². The first-order chi connectivity index (χ1) is 12.5. The number of thiophene rings is 1. The summed E-state index contributed by atoms with van der Waals surface area (Å²) in [5.74, 6) is 0.839. The number of ether oxygens (including phenoxy) is 1. The van der Waals surface area contributed by atoms with Crippen molar-refractivity contribution in [2.75, 3.05) is 17.8 Å². The first-order valence-corrected chi connectivity index (χ1v) is 10.2. The van der Waals surface area contributed by atoms with Gasteiger partial charge in [0.2, 0.25) is 5.91 Å². The Balaban J connectivity index is 1.98. The molecule has 0 saturated heterocycles. The molecule has 0 unspecified atom stereocenters. The molecule has 26 heavy (non-hydrogen) atoms. The molecule has 3 rings (SSSR count). The summed E-state index contributed by atoms with van der Waals surface area (Å²) < 4.78 is 5.44. The lowest BCUT2D eigenvalue weighted by Gasteiger charge is -2.18.